The molecule has 1 aromatic carbocycles. The van der Waals surface area contributed by atoms with Crippen LogP contribution in [0.1, 0.15) is 48.1 Å². The lowest BCUT2D eigenvalue weighted by atomic mass is 9.96. The molecule has 1 N–H and O–H groups in total. The summed E-state index contributed by atoms with van der Waals surface area (Å²) in [5.41, 5.74) is 5.77. The third-order valence-corrected chi connectivity index (χ3v) is 6.12. The van der Waals surface area contributed by atoms with Gasteiger partial charge in [0.15, 0.2) is 5.11 Å². The van der Waals surface area contributed by atoms with Crippen molar-refractivity contribution in [1.82, 2.24) is 19.8 Å². The average Bonchev–Trinajstić information content (AvgIpc) is 3.24. The highest BCUT2D eigenvalue weighted by molar-refractivity contribution is 7.80. The first-order valence-corrected chi connectivity index (χ1v) is 10.8. The first-order chi connectivity index (χ1) is 14.5. The van der Waals surface area contributed by atoms with Crippen LogP contribution in [0, 0.1) is 13.8 Å². The van der Waals surface area contributed by atoms with E-state index in [1.165, 1.54) is 17.0 Å². The minimum absolute atomic E-state index is 0.0181. The fourth-order valence-corrected chi connectivity index (χ4v) is 4.79. The predicted molar refractivity (Wildman–Crippen MR) is 124 cm³/mol. The first-order valence-electron chi connectivity index (χ1n) is 10.4. The van der Waals surface area contributed by atoms with Crippen LogP contribution in [-0.2, 0) is 0 Å². The monoisotopic (exact) mass is 420 g/mol. The minimum Gasteiger partial charge on any atom is -0.497 e. The largest absolute Gasteiger partial charge is 0.497 e. The normalized spacial score (nSPS) is 18.5. The number of aromatic nitrogens is 2. The quantitative estimate of drug-likeness (QED) is 0.576. The molecule has 6 heteroatoms. The molecule has 2 atom stereocenters. The third kappa shape index (κ3) is 3.56. The summed E-state index contributed by atoms with van der Waals surface area (Å²) in [5, 5.41) is 4.33. The molecule has 1 aliphatic rings. The van der Waals surface area contributed by atoms with Crippen LogP contribution >= 0.6 is 12.2 Å². The van der Waals surface area contributed by atoms with E-state index in [-0.39, 0.29) is 12.1 Å². The maximum Gasteiger partial charge on any atom is 0.170 e. The van der Waals surface area contributed by atoms with Gasteiger partial charge in [0.25, 0.3) is 0 Å². The number of nitrogens with zero attached hydrogens (tertiary/aromatic N) is 3. The van der Waals surface area contributed by atoms with Crippen LogP contribution in [0.4, 0.5) is 0 Å². The lowest BCUT2D eigenvalue weighted by Crippen LogP contribution is -2.30. The van der Waals surface area contributed by atoms with Gasteiger partial charge in [0, 0.05) is 35.9 Å². The molecule has 2 aromatic heterocycles. The van der Waals surface area contributed by atoms with E-state index in [1.54, 1.807) is 7.11 Å². The summed E-state index contributed by atoms with van der Waals surface area (Å²) in [4.78, 5) is 6.94. The molecule has 4 rings (SSSR count). The molecule has 0 spiro atoms. The van der Waals surface area contributed by atoms with Crippen molar-refractivity contribution in [2.45, 2.75) is 39.3 Å². The second-order valence-corrected chi connectivity index (χ2v) is 8.07. The molecule has 5 nitrogen and oxygen atoms in total. The third-order valence-electron chi connectivity index (χ3n) is 5.76. The zero-order valence-electron chi connectivity index (χ0n) is 17.9. The Morgan fingerprint density at radius 2 is 1.97 bits per heavy atom. The van der Waals surface area contributed by atoms with E-state index in [9.17, 15) is 0 Å². The van der Waals surface area contributed by atoms with Gasteiger partial charge in [-0.2, -0.15) is 0 Å². The molecule has 3 heterocycles. The number of hydrogen-bond acceptors (Lipinski definition) is 3. The average molecular weight is 421 g/mol. The fourth-order valence-electron chi connectivity index (χ4n) is 4.46. The molecule has 1 saturated heterocycles. The van der Waals surface area contributed by atoms with Crippen molar-refractivity contribution in [3.05, 3.63) is 77.4 Å². The van der Waals surface area contributed by atoms with E-state index in [2.05, 4.69) is 64.8 Å². The number of methoxy groups -OCH3 is 1. The molecule has 0 radical (unpaired) electrons. The summed E-state index contributed by atoms with van der Waals surface area (Å²) >= 11 is 5.73. The molecule has 3 aromatic rings. The molecule has 156 valence electrons. The molecular formula is C24H28N4OS. The van der Waals surface area contributed by atoms with Gasteiger partial charge < -0.3 is 19.5 Å². The summed E-state index contributed by atoms with van der Waals surface area (Å²) < 4.78 is 7.73. The molecule has 0 bridgehead atoms. The number of aryl methyl sites for hydroxylation is 1. The molecule has 1 fully saturated rings. The summed E-state index contributed by atoms with van der Waals surface area (Å²) in [6, 6.07) is 16.6. The number of ether oxygens (including phenoxy) is 1. The molecule has 30 heavy (non-hydrogen) atoms. The Kier molecular flexibility index (Phi) is 5.77. The second-order valence-electron chi connectivity index (χ2n) is 7.68. The van der Waals surface area contributed by atoms with Gasteiger partial charge in [0.05, 0.1) is 24.9 Å². The molecule has 0 amide bonds. The first kappa shape index (κ1) is 20.4. The van der Waals surface area contributed by atoms with Crippen molar-refractivity contribution in [2.75, 3.05) is 13.7 Å². The summed E-state index contributed by atoms with van der Waals surface area (Å²) in [5.74, 6) is 0.851. The molecule has 0 unspecified atom stereocenters. The van der Waals surface area contributed by atoms with Gasteiger partial charge in [0.2, 0.25) is 0 Å². The summed E-state index contributed by atoms with van der Waals surface area (Å²) in [7, 11) is 1.70. The van der Waals surface area contributed by atoms with Crippen molar-refractivity contribution in [1.29, 1.82) is 0 Å². The van der Waals surface area contributed by atoms with Crippen molar-refractivity contribution >= 4 is 17.3 Å². The molecule has 1 aliphatic heterocycles. The van der Waals surface area contributed by atoms with Crippen molar-refractivity contribution < 1.29 is 4.74 Å². The van der Waals surface area contributed by atoms with E-state index >= 15 is 0 Å². The van der Waals surface area contributed by atoms with Gasteiger partial charge in [-0.15, -0.1) is 0 Å². The van der Waals surface area contributed by atoms with E-state index in [1.807, 2.05) is 30.5 Å². The second kappa shape index (κ2) is 8.48. The molecule has 0 saturated carbocycles. The molecular weight excluding hydrogens is 392 g/mol. The Morgan fingerprint density at radius 3 is 2.67 bits per heavy atom. The number of hydrogen-bond donors (Lipinski definition) is 1. The van der Waals surface area contributed by atoms with E-state index < -0.39 is 0 Å². The topological polar surface area (TPSA) is 42.3 Å². The van der Waals surface area contributed by atoms with Gasteiger partial charge in [-0.25, -0.2) is 0 Å². The van der Waals surface area contributed by atoms with E-state index in [0.717, 1.165) is 35.2 Å². The van der Waals surface area contributed by atoms with E-state index in [0.29, 0.717) is 0 Å². The fraction of sp³-hybridized carbons (Fsp3) is 0.333. The van der Waals surface area contributed by atoms with Crippen molar-refractivity contribution in [3.8, 4) is 11.4 Å². The SMILES string of the molecule is CCCN1C(=S)N[C@@H](c2ccccn2)[C@@H]1c1cc(C)n(-c2cccc(OC)c2)c1C. The van der Waals surface area contributed by atoms with Gasteiger partial charge in [-0.1, -0.05) is 19.1 Å². The van der Waals surface area contributed by atoms with Gasteiger partial charge in [-0.3, -0.25) is 4.98 Å². The Balaban J connectivity index is 1.83. The Labute approximate surface area is 183 Å². The standard InChI is InChI=1S/C24H28N4OS/c1-5-13-27-23(22(26-24(27)30)21-11-6-7-12-25-21)20-14-16(2)28(17(20)3)18-9-8-10-19(15-18)29-4/h6-12,14-15,22-23H,5,13H2,1-4H3,(H,26,30)/t22-,23-/m0/s1. The van der Waals surface area contributed by atoms with Crippen molar-refractivity contribution in [2.24, 2.45) is 0 Å². The van der Waals surface area contributed by atoms with Crippen LogP contribution < -0.4 is 10.1 Å². The van der Waals surface area contributed by atoms with Crippen molar-refractivity contribution in [3.63, 3.8) is 0 Å². The van der Waals surface area contributed by atoms with Gasteiger partial charge in [-0.05, 0) is 68.4 Å². The summed E-state index contributed by atoms with van der Waals surface area (Å²) in [6.45, 7) is 7.43. The Bertz CT molecular complexity index is 1050. The van der Waals surface area contributed by atoms with Crippen LogP contribution in [0.3, 0.4) is 0 Å². The molecule has 0 aliphatic carbocycles. The zero-order valence-corrected chi connectivity index (χ0v) is 18.7. The number of benzene rings is 1. The Hall–Kier alpha value is -2.86. The van der Waals surface area contributed by atoms with Crippen LogP contribution in [0.2, 0.25) is 0 Å². The van der Waals surface area contributed by atoms with Gasteiger partial charge in [0.1, 0.15) is 5.75 Å². The number of thiocarbonyl (C=S) groups is 1. The number of rotatable bonds is 6. The Morgan fingerprint density at radius 1 is 1.13 bits per heavy atom. The van der Waals surface area contributed by atoms with E-state index in [4.69, 9.17) is 17.0 Å². The van der Waals surface area contributed by atoms with Gasteiger partial charge >= 0.3 is 0 Å². The minimum atomic E-state index is 0.0181. The number of nitrogens with one attached hydrogen (secondary N) is 1. The highest BCUT2D eigenvalue weighted by atomic mass is 32.1. The van der Waals surface area contributed by atoms with Crippen LogP contribution in [0.15, 0.2) is 54.7 Å². The lowest BCUT2D eigenvalue weighted by molar-refractivity contribution is 0.316. The predicted octanol–water partition coefficient (Wildman–Crippen LogP) is 4.88. The van der Waals surface area contributed by atoms with Crippen LogP contribution in [0.25, 0.3) is 5.69 Å². The summed E-state index contributed by atoms with van der Waals surface area (Å²) in [6.07, 6.45) is 2.88. The maximum atomic E-state index is 5.73. The maximum absolute atomic E-state index is 5.73. The smallest absolute Gasteiger partial charge is 0.170 e. The highest BCUT2D eigenvalue weighted by Gasteiger charge is 2.40. The van der Waals surface area contributed by atoms with Crippen LogP contribution in [-0.4, -0.2) is 33.2 Å². The zero-order chi connectivity index (χ0) is 21.3. The number of pyridine rings is 1. The van der Waals surface area contributed by atoms with Crippen LogP contribution in [0.5, 0.6) is 5.75 Å². The lowest BCUT2D eigenvalue weighted by Gasteiger charge is -2.27. The highest BCUT2D eigenvalue weighted by Crippen LogP contribution is 2.41.